The van der Waals surface area contributed by atoms with Crippen molar-refractivity contribution >= 4 is 35.1 Å². The molecule has 0 fully saturated rings. The number of carbonyl (C=O) groups is 1. The van der Waals surface area contributed by atoms with E-state index in [4.69, 9.17) is 4.74 Å². The number of hydrogen-bond donors (Lipinski definition) is 0. The third kappa shape index (κ3) is 4.33. The highest BCUT2D eigenvalue weighted by Gasteiger charge is 2.33. The van der Waals surface area contributed by atoms with Gasteiger partial charge in [-0.2, -0.15) is 0 Å². The van der Waals surface area contributed by atoms with Crippen LogP contribution in [-0.4, -0.2) is 27.9 Å². The van der Waals surface area contributed by atoms with Gasteiger partial charge < -0.3 is 4.74 Å². The molecule has 3 aromatic rings. The van der Waals surface area contributed by atoms with Crippen LogP contribution in [0.4, 0.5) is 0 Å². The van der Waals surface area contributed by atoms with E-state index in [9.17, 15) is 9.59 Å². The molecule has 8 heteroatoms. The van der Waals surface area contributed by atoms with Crippen molar-refractivity contribution < 1.29 is 9.53 Å². The van der Waals surface area contributed by atoms with Gasteiger partial charge in [0, 0.05) is 17.3 Å². The maximum atomic E-state index is 13.5. The molecular weight excluding hydrogens is 442 g/mol. The first-order chi connectivity index (χ1) is 15.4. The normalized spacial score (nSPS) is 16.2. The van der Waals surface area contributed by atoms with Gasteiger partial charge in [0.15, 0.2) is 4.80 Å². The number of aromatic nitrogens is 2. The molecule has 1 aromatic carbocycles. The first-order valence-electron chi connectivity index (χ1n) is 10.2. The maximum absolute atomic E-state index is 13.5. The molecule has 1 unspecified atom stereocenters. The molecule has 0 radical (unpaired) electrons. The van der Waals surface area contributed by atoms with Gasteiger partial charge in [0.25, 0.3) is 5.56 Å². The zero-order chi connectivity index (χ0) is 22.8. The Kier molecular flexibility index (Phi) is 6.43. The van der Waals surface area contributed by atoms with Crippen LogP contribution in [-0.2, 0) is 9.53 Å². The molecule has 0 spiro atoms. The van der Waals surface area contributed by atoms with Gasteiger partial charge in [-0.15, -0.1) is 11.8 Å². The number of esters is 1. The fraction of sp³-hybridized carbons (Fsp3) is 0.250. The van der Waals surface area contributed by atoms with Crippen molar-refractivity contribution in [3.05, 3.63) is 90.9 Å². The summed E-state index contributed by atoms with van der Waals surface area (Å²) < 4.78 is 7.66. The SMILES string of the molecule is CSc1ccc(C2C(C(=O)OC(C)C)=C(C)N=c3s/c(=C\c4cccnc4)c(=O)n32)cc1. The third-order valence-corrected chi connectivity index (χ3v) is 6.72. The fourth-order valence-corrected chi connectivity index (χ4v) is 5.03. The number of pyridine rings is 1. The number of benzene rings is 1. The average Bonchev–Trinajstić information content (AvgIpc) is 3.07. The van der Waals surface area contributed by atoms with E-state index in [1.807, 2.05) is 42.7 Å². The summed E-state index contributed by atoms with van der Waals surface area (Å²) >= 11 is 2.94. The summed E-state index contributed by atoms with van der Waals surface area (Å²) in [6, 6.07) is 11.0. The lowest BCUT2D eigenvalue weighted by Crippen LogP contribution is -2.40. The number of nitrogens with zero attached hydrogens (tertiary/aromatic N) is 3. The Morgan fingerprint density at radius 2 is 2.00 bits per heavy atom. The molecule has 6 nitrogen and oxygen atoms in total. The highest BCUT2D eigenvalue weighted by Crippen LogP contribution is 2.31. The minimum absolute atomic E-state index is 0.195. The quantitative estimate of drug-likeness (QED) is 0.427. The molecule has 0 bridgehead atoms. The maximum Gasteiger partial charge on any atom is 0.338 e. The van der Waals surface area contributed by atoms with E-state index in [1.165, 1.54) is 11.3 Å². The van der Waals surface area contributed by atoms with Gasteiger partial charge in [0.2, 0.25) is 0 Å². The molecular formula is C24H23N3O3S2. The predicted octanol–water partition coefficient (Wildman–Crippen LogP) is 3.30. The lowest BCUT2D eigenvalue weighted by atomic mass is 9.96. The van der Waals surface area contributed by atoms with Crippen molar-refractivity contribution in [2.24, 2.45) is 4.99 Å². The van der Waals surface area contributed by atoms with Gasteiger partial charge in [0.05, 0.1) is 27.9 Å². The van der Waals surface area contributed by atoms with Crippen molar-refractivity contribution in [2.45, 2.75) is 37.8 Å². The topological polar surface area (TPSA) is 73.6 Å². The van der Waals surface area contributed by atoms with Crippen LogP contribution in [0.25, 0.3) is 6.08 Å². The summed E-state index contributed by atoms with van der Waals surface area (Å²) in [6.07, 6.45) is 6.92. The molecule has 3 heterocycles. The molecule has 32 heavy (non-hydrogen) atoms. The lowest BCUT2D eigenvalue weighted by Gasteiger charge is -2.25. The van der Waals surface area contributed by atoms with Gasteiger partial charge in [-0.3, -0.25) is 14.3 Å². The van der Waals surface area contributed by atoms with Crippen LogP contribution < -0.4 is 14.9 Å². The Morgan fingerprint density at radius 1 is 1.25 bits per heavy atom. The van der Waals surface area contributed by atoms with Crippen LogP contribution in [0.3, 0.4) is 0 Å². The van der Waals surface area contributed by atoms with Crippen molar-refractivity contribution in [1.82, 2.24) is 9.55 Å². The molecule has 4 rings (SSSR count). The van der Waals surface area contributed by atoms with Gasteiger partial charge in [-0.1, -0.05) is 29.5 Å². The van der Waals surface area contributed by atoms with Crippen LogP contribution in [0.1, 0.15) is 37.9 Å². The first-order valence-corrected chi connectivity index (χ1v) is 12.2. The van der Waals surface area contributed by atoms with E-state index < -0.39 is 12.0 Å². The zero-order valence-corrected chi connectivity index (χ0v) is 19.9. The number of hydrogen-bond acceptors (Lipinski definition) is 7. The molecule has 1 aliphatic rings. The van der Waals surface area contributed by atoms with Gasteiger partial charge in [-0.05, 0) is 62.4 Å². The van der Waals surface area contributed by atoms with E-state index in [-0.39, 0.29) is 11.7 Å². The average molecular weight is 466 g/mol. The number of thiazole rings is 1. The summed E-state index contributed by atoms with van der Waals surface area (Å²) in [5.41, 5.74) is 2.41. The molecule has 164 valence electrons. The smallest absolute Gasteiger partial charge is 0.338 e. The van der Waals surface area contributed by atoms with E-state index >= 15 is 0 Å². The van der Waals surface area contributed by atoms with Crippen LogP contribution in [0.5, 0.6) is 0 Å². The Hall–Kier alpha value is -2.97. The van der Waals surface area contributed by atoms with Crippen molar-refractivity contribution in [3.63, 3.8) is 0 Å². The van der Waals surface area contributed by atoms with Crippen LogP contribution >= 0.6 is 23.1 Å². The van der Waals surface area contributed by atoms with Crippen molar-refractivity contribution in [2.75, 3.05) is 6.26 Å². The van der Waals surface area contributed by atoms with E-state index in [2.05, 4.69) is 9.98 Å². The summed E-state index contributed by atoms with van der Waals surface area (Å²) in [4.78, 5) is 37.0. The second kappa shape index (κ2) is 9.26. The highest BCUT2D eigenvalue weighted by molar-refractivity contribution is 7.98. The molecule has 0 amide bonds. The minimum atomic E-state index is -0.607. The second-order valence-electron chi connectivity index (χ2n) is 7.60. The highest BCUT2D eigenvalue weighted by atomic mass is 32.2. The number of ether oxygens (including phenoxy) is 1. The Bertz CT molecular complexity index is 1350. The number of allylic oxidation sites excluding steroid dienone is 1. The standard InChI is InChI=1S/C24H23N3O3S2/c1-14(2)30-23(29)20-15(3)26-24-27(21(20)17-7-9-18(31-4)10-8-17)22(28)19(32-24)12-16-6-5-11-25-13-16/h5-14,21H,1-4H3/b19-12-. The zero-order valence-electron chi connectivity index (χ0n) is 18.2. The Balaban J connectivity index is 1.94. The predicted molar refractivity (Wildman–Crippen MR) is 127 cm³/mol. The second-order valence-corrected chi connectivity index (χ2v) is 9.48. The fourth-order valence-electron chi connectivity index (χ4n) is 3.57. The lowest BCUT2D eigenvalue weighted by molar-refractivity contribution is -0.143. The van der Waals surface area contributed by atoms with Crippen LogP contribution in [0.15, 0.2) is 74.7 Å². The third-order valence-electron chi connectivity index (χ3n) is 5.00. The minimum Gasteiger partial charge on any atom is -0.459 e. The Labute approximate surface area is 194 Å². The molecule has 1 atom stereocenters. The number of thioether (sulfide) groups is 1. The van der Waals surface area contributed by atoms with Crippen molar-refractivity contribution in [3.8, 4) is 0 Å². The summed E-state index contributed by atoms with van der Waals surface area (Å²) in [5, 5.41) is 0. The van der Waals surface area contributed by atoms with Gasteiger partial charge in [0.1, 0.15) is 0 Å². The summed E-state index contributed by atoms with van der Waals surface area (Å²) in [7, 11) is 0. The molecule has 0 aliphatic carbocycles. The van der Waals surface area contributed by atoms with E-state index in [1.54, 1.807) is 55.6 Å². The molecule has 0 saturated carbocycles. The van der Waals surface area contributed by atoms with Gasteiger partial charge >= 0.3 is 5.97 Å². The van der Waals surface area contributed by atoms with Crippen molar-refractivity contribution in [1.29, 1.82) is 0 Å². The van der Waals surface area contributed by atoms with Crippen LogP contribution in [0.2, 0.25) is 0 Å². The Morgan fingerprint density at radius 3 is 2.62 bits per heavy atom. The summed E-state index contributed by atoms with van der Waals surface area (Å²) in [6.45, 7) is 5.40. The number of carbonyl (C=O) groups excluding carboxylic acids is 1. The van der Waals surface area contributed by atoms with Crippen LogP contribution in [0, 0.1) is 0 Å². The first kappa shape index (κ1) is 22.2. The monoisotopic (exact) mass is 465 g/mol. The number of rotatable bonds is 5. The molecule has 0 N–H and O–H groups in total. The van der Waals surface area contributed by atoms with E-state index in [0.717, 1.165) is 16.0 Å². The number of fused-ring (bicyclic) bond motifs is 1. The molecule has 2 aromatic heterocycles. The van der Waals surface area contributed by atoms with E-state index in [0.29, 0.717) is 20.6 Å². The molecule has 1 aliphatic heterocycles. The largest absolute Gasteiger partial charge is 0.459 e. The molecule has 0 saturated heterocycles. The summed E-state index contributed by atoms with van der Waals surface area (Å²) in [5.74, 6) is -0.457. The van der Waals surface area contributed by atoms with Gasteiger partial charge in [-0.25, -0.2) is 9.79 Å².